The van der Waals surface area contributed by atoms with Crippen molar-refractivity contribution in [3.63, 3.8) is 0 Å². The van der Waals surface area contributed by atoms with Crippen LogP contribution in [0.3, 0.4) is 0 Å². The average molecular weight is 263 g/mol. The number of aryl methyl sites for hydroxylation is 1. The summed E-state index contributed by atoms with van der Waals surface area (Å²) in [6.07, 6.45) is 0. The highest BCUT2D eigenvalue weighted by Gasteiger charge is 1.92. The van der Waals surface area contributed by atoms with Crippen LogP contribution in [0, 0.1) is 6.92 Å². The van der Waals surface area contributed by atoms with Crippen LogP contribution in [0.25, 0.3) is 0 Å². The van der Waals surface area contributed by atoms with Gasteiger partial charge in [-0.15, -0.1) is 0 Å². The number of rotatable bonds is 3. The summed E-state index contributed by atoms with van der Waals surface area (Å²) in [6.45, 7) is 2.89. The highest BCUT2D eigenvalue weighted by molar-refractivity contribution is 5.26. The molecule has 0 atom stereocenters. The lowest BCUT2D eigenvalue weighted by molar-refractivity contribution is -0.370. The van der Waals surface area contributed by atoms with E-state index in [0.717, 1.165) is 16.8 Å². The van der Waals surface area contributed by atoms with Crippen LogP contribution in [-0.2, 0) is 0 Å². The summed E-state index contributed by atoms with van der Waals surface area (Å²) in [5.74, 6) is 0.971. The molecule has 0 aliphatic heterocycles. The minimum Gasteiger partial charge on any atom is -0.489 e. The Morgan fingerprint density at radius 3 is 2.45 bits per heavy atom. The summed E-state index contributed by atoms with van der Waals surface area (Å²) < 4.78 is 6.49. The number of alkyl halides is 1. The lowest BCUT2D eigenvalue weighted by Crippen LogP contribution is -3.35. The van der Waals surface area contributed by atoms with Crippen molar-refractivity contribution in [3.05, 3.63) is 29.8 Å². The standard InChI is InChI=1S/C9H12IO/c1-8-2-4-9(5-3-8)11-7-6-10/h2-5,10H,6-7H2,1H3/q+1. The van der Waals surface area contributed by atoms with E-state index in [1.165, 1.54) is 5.56 Å². The van der Waals surface area contributed by atoms with E-state index < -0.39 is 0 Å². The van der Waals surface area contributed by atoms with Crippen molar-refractivity contribution >= 4 is 0 Å². The maximum absolute atomic E-state index is 5.41. The van der Waals surface area contributed by atoms with E-state index in [1.807, 2.05) is 34.7 Å². The lowest BCUT2D eigenvalue weighted by atomic mass is 10.2. The van der Waals surface area contributed by atoms with Crippen molar-refractivity contribution in [3.8, 4) is 5.75 Å². The maximum Gasteiger partial charge on any atom is 0.255 e. The van der Waals surface area contributed by atoms with Crippen LogP contribution in [0.15, 0.2) is 24.3 Å². The topological polar surface area (TPSA) is 9.23 Å². The number of ether oxygens (including phenoxy) is 1. The minimum absolute atomic E-state index is 0.813. The molecule has 0 N–H and O–H groups in total. The van der Waals surface area contributed by atoms with Crippen LogP contribution < -0.4 is 27.3 Å². The molecule has 1 aromatic carbocycles. The fraction of sp³-hybridized carbons (Fsp3) is 0.333. The second-order valence-electron chi connectivity index (χ2n) is 2.37. The number of hydrogen-bond donors (Lipinski definition) is 0. The molecule has 0 heterocycles. The molecule has 0 aliphatic carbocycles. The van der Waals surface area contributed by atoms with E-state index in [1.54, 1.807) is 0 Å². The molecule has 0 bridgehead atoms. The minimum atomic E-state index is 0.813. The molecule has 60 valence electrons. The average Bonchev–Trinajstić information content (AvgIpc) is 2.04. The van der Waals surface area contributed by atoms with Crippen molar-refractivity contribution in [1.29, 1.82) is 0 Å². The van der Waals surface area contributed by atoms with Gasteiger partial charge >= 0.3 is 0 Å². The Balaban J connectivity index is 2.52. The predicted molar refractivity (Wildman–Crippen MR) is 42.9 cm³/mol. The zero-order chi connectivity index (χ0) is 8.10. The van der Waals surface area contributed by atoms with Crippen LogP contribution >= 0.6 is 0 Å². The Labute approximate surface area is 80.9 Å². The summed E-state index contributed by atoms with van der Waals surface area (Å²) in [5, 5.41) is 0. The van der Waals surface area contributed by atoms with Crippen molar-refractivity contribution < 1.29 is 27.3 Å². The van der Waals surface area contributed by atoms with Crippen molar-refractivity contribution in [2.45, 2.75) is 6.92 Å². The SMILES string of the molecule is Cc1ccc(OCC[IH+])cc1. The smallest absolute Gasteiger partial charge is 0.255 e. The van der Waals surface area contributed by atoms with Gasteiger partial charge in [-0.2, -0.15) is 0 Å². The second-order valence-corrected chi connectivity index (χ2v) is 3.53. The number of halogens is 1. The Morgan fingerprint density at radius 1 is 1.27 bits per heavy atom. The largest absolute Gasteiger partial charge is 0.489 e. The van der Waals surface area contributed by atoms with Gasteiger partial charge in [0.25, 0.3) is 22.6 Å². The fourth-order valence-electron chi connectivity index (χ4n) is 0.794. The van der Waals surface area contributed by atoms with Gasteiger partial charge < -0.3 is 4.74 Å². The van der Waals surface area contributed by atoms with Gasteiger partial charge in [-0.1, -0.05) is 17.7 Å². The molecule has 1 aromatic rings. The molecule has 0 spiro atoms. The van der Waals surface area contributed by atoms with E-state index in [4.69, 9.17) is 4.74 Å². The third kappa shape index (κ3) is 3.10. The highest BCUT2D eigenvalue weighted by atomic mass is 127. The summed E-state index contributed by atoms with van der Waals surface area (Å²) in [7, 11) is 0. The van der Waals surface area contributed by atoms with Gasteiger partial charge in [0, 0.05) is 0 Å². The molecule has 1 nitrogen and oxygen atoms in total. The molecule has 2 heteroatoms. The molecule has 1 rings (SSSR count). The first kappa shape index (κ1) is 8.84. The first-order valence-electron chi connectivity index (χ1n) is 3.60. The Bertz CT molecular complexity index is 205. The monoisotopic (exact) mass is 263 g/mol. The molecule has 0 saturated heterocycles. The van der Waals surface area contributed by atoms with Gasteiger partial charge in [0.2, 0.25) is 0 Å². The molecule has 0 aromatic heterocycles. The summed E-state index contributed by atoms with van der Waals surface area (Å²) in [5.41, 5.74) is 1.27. The van der Waals surface area contributed by atoms with Gasteiger partial charge in [0.05, 0.1) is 0 Å². The summed E-state index contributed by atoms with van der Waals surface area (Å²) in [4.78, 5) is 0. The first-order chi connectivity index (χ1) is 5.33. The molecular weight excluding hydrogens is 251 g/mol. The number of benzene rings is 1. The molecule has 11 heavy (non-hydrogen) atoms. The van der Waals surface area contributed by atoms with Crippen LogP contribution in [0.4, 0.5) is 0 Å². The quantitative estimate of drug-likeness (QED) is 0.484. The van der Waals surface area contributed by atoms with Gasteiger partial charge in [-0.05, 0) is 19.1 Å². The Hall–Kier alpha value is -0.250. The predicted octanol–water partition coefficient (Wildman–Crippen LogP) is -1.34. The van der Waals surface area contributed by atoms with Gasteiger partial charge in [0.1, 0.15) is 12.4 Å². The third-order valence-electron chi connectivity index (χ3n) is 1.37. The molecule has 0 fully saturated rings. The van der Waals surface area contributed by atoms with Crippen LogP contribution in [-0.4, -0.2) is 11.0 Å². The van der Waals surface area contributed by atoms with E-state index >= 15 is 0 Å². The van der Waals surface area contributed by atoms with Crippen molar-refractivity contribution in [2.75, 3.05) is 11.0 Å². The molecule has 0 saturated carbocycles. The van der Waals surface area contributed by atoms with Gasteiger partial charge in [-0.25, -0.2) is 0 Å². The van der Waals surface area contributed by atoms with Gasteiger partial charge in [-0.3, -0.25) is 0 Å². The van der Waals surface area contributed by atoms with E-state index in [0.29, 0.717) is 0 Å². The van der Waals surface area contributed by atoms with Crippen LogP contribution in [0.1, 0.15) is 5.56 Å². The number of hydrogen-bond acceptors (Lipinski definition) is 1. The van der Waals surface area contributed by atoms with Gasteiger partial charge in [0.15, 0.2) is 4.43 Å². The molecular formula is C9H12IO+. The first-order valence-corrected chi connectivity index (χ1v) is 5.25. The van der Waals surface area contributed by atoms with E-state index in [2.05, 4.69) is 19.1 Å². The maximum atomic E-state index is 5.41. The van der Waals surface area contributed by atoms with Crippen molar-refractivity contribution in [1.82, 2.24) is 0 Å². The third-order valence-corrected chi connectivity index (χ3v) is 1.85. The zero-order valence-corrected chi connectivity index (χ0v) is 8.87. The normalized spacial score (nSPS) is 9.64. The van der Waals surface area contributed by atoms with E-state index in [9.17, 15) is 0 Å². The van der Waals surface area contributed by atoms with E-state index in [-0.39, 0.29) is 0 Å². The Morgan fingerprint density at radius 2 is 1.91 bits per heavy atom. The van der Waals surface area contributed by atoms with Crippen LogP contribution in [0.2, 0.25) is 0 Å². The highest BCUT2D eigenvalue weighted by Crippen LogP contribution is 2.10. The summed E-state index contributed by atoms with van der Waals surface area (Å²) in [6, 6.07) is 8.13. The summed E-state index contributed by atoms with van der Waals surface area (Å²) >= 11 is 2.04. The van der Waals surface area contributed by atoms with Crippen molar-refractivity contribution in [2.24, 2.45) is 0 Å². The lowest BCUT2D eigenvalue weighted by Gasteiger charge is -2.01. The Kier molecular flexibility index (Phi) is 3.69. The van der Waals surface area contributed by atoms with Crippen LogP contribution in [0.5, 0.6) is 5.75 Å². The molecule has 0 aliphatic rings. The fourth-order valence-corrected chi connectivity index (χ4v) is 1.03. The molecule has 0 radical (unpaired) electrons. The zero-order valence-electron chi connectivity index (χ0n) is 6.54. The molecule has 0 unspecified atom stereocenters. The molecule has 0 amide bonds. The second kappa shape index (κ2) is 4.59.